The van der Waals surface area contributed by atoms with Crippen LogP contribution < -0.4 is 5.32 Å². The Balaban J connectivity index is 2.70. The van der Waals surface area contributed by atoms with Crippen LogP contribution in [0.15, 0.2) is 12.3 Å². The number of carbonyl (C=O) groups is 1. The predicted octanol–water partition coefficient (Wildman–Crippen LogP) is 0.303. The summed E-state index contributed by atoms with van der Waals surface area (Å²) in [7, 11) is 1.16. The van der Waals surface area contributed by atoms with E-state index < -0.39 is 25.0 Å². The van der Waals surface area contributed by atoms with Crippen molar-refractivity contribution in [2.24, 2.45) is 0 Å². The van der Waals surface area contributed by atoms with Gasteiger partial charge in [-0.05, 0) is 6.07 Å². The Labute approximate surface area is 95.6 Å². The summed E-state index contributed by atoms with van der Waals surface area (Å²) in [4.78, 5) is 18.3. The summed E-state index contributed by atoms with van der Waals surface area (Å²) in [6.45, 7) is -2.06. The van der Waals surface area contributed by atoms with Gasteiger partial charge in [-0.2, -0.15) is 0 Å². The number of carbonyl (C=O) groups excluding carboxylic acids is 1. The molecule has 0 radical (unpaired) electrons. The molecule has 1 heterocycles. The van der Waals surface area contributed by atoms with Crippen LogP contribution in [0.25, 0.3) is 0 Å². The normalized spacial score (nSPS) is 11.1. The summed E-state index contributed by atoms with van der Waals surface area (Å²) in [5.74, 6) is -4.20. The molecule has 17 heavy (non-hydrogen) atoms. The number of hydrogen-bond acceptors (Lipinski definition) is 6. The predicted molar refractivity (Wildman–Crippen MR) is 53.9 cm³/mol. The second kappa shape index (κ2) is 5.48. The molecule has 6 nitrogen and oxygen atoms in total. The van der Waals surface area contributed by atoms with Crippen LogP contribution >= 0.6 is 0 Å². The lowest BCUT2D eigenvalue weighted by Gasteiger charge is -2.14. The Hall–Kier alpha value is -1.83. The van der Waals surface area contributed by atoms with E-state index in [1.165, 1.54) is 12.3 Å². The summed E-state index contributed by atoms with van der Waals surface area (Å²) in [5.41, 5.74) is 0. The topological polar surface area (TPSA) is 84.3 Å². The molecule has 0 bridgehead atoms. The van der Waals surface area contributed by atoms with Crippen LogP contribution in [0.5, 0.6) is 0 Å². The molecule has 1 rings (SSSR count). The summed E-state index contributed by atoms with van der Waals surface area (Å²) >= 11 is 0. The van der Waals surface area contributed by atoms with Crippen LogP contribution in [0, 0.1) is 0 Å². The van der Waals surface area contributed by atoms with E-state index in [0.717, 1.165) is 7.11 Å². The number of nitrogens with one attached hydrogen (secondary N) is 1. The molecule has 94 valence electrons. The SMILES string of the molecule is COC(=O)c1nccc(NCC(F)(F)CO)n1. The lowest BCUT2D eigenvalue weighted by atomic mass is 10.3. The number of halogens is 2. The van der Waals surface area contributed by atoms with E-state index in [1.54, 1.807) is 0 Å². The Morgan fingerprint density at radius 3 is 2.94 bits per heavy atom. The second-order valence-electron chi connectivity index (χ2n) is 3.12. The van der Waals surface area contributed by atoms with Gasteiger partial charge in [-0.25, -0.2) is 23.5 Å². The lowest BCUT2D eigenvalue weighted by Crippen LogP contribution is -2.31. The number of aliphatic hydroxyl groups is 1. The van der Waals surface area contributed by atoms with Crippen LogP contribution in [0.3, 0.4) is 0 Å². The number of anilines is 1. The van der Waals surface area contributed by atoms with E-state index in [1.807, 2.05) is 0 Å². The van der Waals surface area contributed by atoms with Gasteiger partial charge in [0.25, 0.3) is 5.92 Å². The van der Waals surface area contributed by atoms with Gasteiger partial charge in [-0.15, -0.1) is 0 Å². The van der Waals surface area contributed by atoms with Crippen LogP contribution in [0.1, 0.15) is 10.6 Å². The molecule has 0 saturated carbocycles. The molecule has 0 amide bonds. The number of esters is 1. The maximum Gasteiger partial charge on any atom is 0.376 e. The molecule has 0 fully saturated rings. The Kier molecular flexibility index (Phi) is 4.27. The molecule has 0 aromatic carbocycles. The van der Waals surface area contributed by atoms with Crippen LogP contribution in [-0.4, -0.2) is 47.2 Å². The zero-order valence-electron chi connectivity index (χ0n) is 8.98. The van der Waals surface area contributed by atoms with Crippen molar-refractivity contribution in [3.63, 3.8) is 0 Å². The summed E-state index contributed by atoms with van der Waals surface area (Å²) in [5, 5.41) is 10.6. The molecule has 0 aliphatic carbocycles. The Morgan fingerprint density at radius 2 is 2.35 bits per heavy atom. The van der Waals surface area contributed by atoms with Gasteiger partial charge in [-0.3, -0.25) is 0 Å². The third kappa shape index (κ3) is 3.91. The van der Waals surface area contributed by atoms with Gasteiger partial charge in [-0.1, -0.05) is 0 Å². The number of aliphatic hydroxyl groups excluding tert-OH is 1. The van der Waals surface area contributed by atoms with Gasteiger partial charge in [0.1, 0.15) is 12.4 Å². The number of nitrogens with zero attached hydrogens (tertiary/aromatic N) is 2. The highest BCUT2D eigenvalue weighted by molar-refractivity contribution is 5.85. The lowest BCUT2D eigenvalue weighted by molar-refractivity contribution is -0.0373. The monoisotopic (exact) mass is 247 g/mol. The Bertz CT molecular complexity index is 401. The summed E-state index contributed by atoms with van der Waals surface area (Å²) < 4.78 is 29.8. The smallest absolute Gasteiger partial charge is 0.376 e. The molecule has 1 aromatic rings. The van der Waals surface area contributed by atoms with Crippen molar-refractivity contribution in [2.75, 3.05) is 25.6 Å². The highest BCUT2D eigenvalue weighted by atomic mass is 19.3. The fourth-order valence-electron chi connectivity index (χ4n) is 0.923. The molecule has 8 heteroatoms. The largest absolute Gasteiger partial charge is 0.463 e. The first-order valence-electron chi connectivity index (χ1n) is 4.62. The van der Waals surface area contributed by atoms with Crippen LogP contribution in [0.2, 0.25) is 0 Å². The van der Waals surface area contributed by atoms with Gasteiger partial charge >= 0.3 is 5.97 Å². The highest BCUT2D eigenvalue weighted by Gasteiger charge is 2.27. The second-order valence-corrected chi connectivity index (χ2v) is 3.12. The number of aromatic nitrogens is 2. The Morgan fingerprint density at radius 1 is 1.65 bits per heavy atom. The summed E-state index contributed by atoms with van der Waals surface area (Å²) in [6, 6.07) is 1.32. The van der Waals surface area contributed by atoms with Crippen LogP contribution in [-0.2, 0) is 4.74 Å². The number of ether oxygens (including phenoxy) is 1. The average Bonchev–Trinajstić information content (AvgIpc) is 2.36. The van der Waals surface area contributed by atoms with E-state index >= 15 is 0 Å². The number of hydrogen-bond donors (Lipinski definition) is 2. The van der Waals surface area contributed by atoms with E-state index in [0.29, 0.717) is 0 Å². The first-order valence-corrected chi connectivity index (χ1v) is 4.62. The molecule has 0 unspecified atom stereocenters. The van der Waals surface area contributed by atoms with Crippen LogP contribution in [0.4, 0.5) is 14.6 Å². The van der Waals surface area contributed by atoms with E-state index in [9.17, 15) is 13.6 Å². The van der Waals surface area contributed by atoms with Crippen molar-refractivity contribution in [1.29, 1.82) is 0 Å². The summed E-state index contributed by atoms with van der Waals surface area (Å²) in [6.07, 6.45) is 1.23. The molecule has 2 N–H and O–H groups in total. The number of rotatable bonds is 5. The van der Waals surface area contributed by atoms with Gasteiger partial charge in [0, 0.05) is 6.20 Å². The van der Waals surface area contributed by atoms with Gasteiger partial charge < -0.3 is 15.2 Å². The maximum absolute atomic E-state index is 12.7. The maximum atomic E-state index is 12.7. The van der Waals surface area contributed by atoms with Crippen molar-refractivity contribution < 1.29 is 23.4 Å². The zero-order chi connectivity index (χ0) is 12.9. The quantitative estimate of drug-likeness (QED) is 0.728. The molecular weight excluding hydrogens is 236 g/mol. The van der Waals surface area contributed by atoms with Gasteiger partial charge in [0.05, 0.1) is 13.7 Å². The van der Waals surface area contributed by atoms with Crippen molar-refractivity contribution in [3.8, 4) is 0 Å². The fraction of sp³-hybridized carbons (Fsp3) is 0.444. The molecule has 0 aliphatic heterocycles. The van der Waals surface area contributed by atoms with Crippen molar-refractivity contribution in [1.82, 2.24) is 9.97 Å². The molecule has 1 aromatic heterocycles. The minimum Gasteiger partial charge on any atom is -0.463 e. The first kappa shape index (κ1) is 13.2. The molecule has 0 spiro atoms. The number of alkyl halides is 2. The first-order chi connectivity index (χ1) is 7.98. The minimum atomic E-state index is -3.25. The molecule has 0 aliphatic rings. The standard InChI is InChI=1S/C9H11F2N3O3/c1-17-8(16)7-12-3-2-6(14-7)13-4-9(10,11)5-15/h2-3,15H,4-5H2,1H3,(H,12,13,14). The van der Waals surface area contributed by atoms with Crippen molar-refractivity contribution >= 4 is 11.8 Å². The van der Waals surface area contributed by atoms with Crippen molar-refractivity contribution in [3.05, 3.63) is 18.1 Å². The van der Waals surface area contributed by atoms with Gasteiger partial charge in [0.2, 0.25) is 5.82 Å². The fourth-order valence-corrected chi connectivity index (χ4v) is 0.923. The van der Waals surface area contributed by atoms with E-state index in [2.05, 4.69) is 20.0 Å². The average molecular weight is 247 g/mol. The van der Waals surface area contributed by atoms with Gasteiger partial charge in [0.15, 0.2) is 0 Å². The highest BCUT2D eigenvalue weighted by Crippen LogP contribution is 2.13. The molecule has 0 atom stereocenters. The third-order valence-corrected chi connectivity index (χ3v) is 1.78. The van der Waals surface area contributed by atoms with E-state index in [4.69, 9.17) is 5.11 Å². The van der Waals surface area contributed by atoms with E-state index in [-0.39, 0.29) is 11.6 Å². The number of methoxy groups -OCH3 is 1. The zero-order valence-corrected chi connectivity index (χ0v) is 8.98. The molecular formula is C9H11F2N3O3. The molecule has 0 saturated heterocycles. The van der Waals surface area contributed by atoms with Crippen molar-refractivity contribution in [2.45, 2.75) is 5.92 Å². The minimum absolute atomic E-state index is 0.0496. The third-order valence-electron chi connectivity index (χ3n) is 1.78.